The topological polar surface area (TPSA) is 86.8 Å². The molecule has 37 heavy (non-hydrogen) atoms. The summed E-state index contributed by atoms with van der Waals surface area (Å²) in [6.07, 6.45) is 1.48. The number of hydrogen-bond donors (Lipinski definition) is 1. The number of aryl methyl sites for hydroxylation is 1. The van der Waals surface area contributed by atoms with Crippen LogP contribution >= 0.6 is 0 Å². The third kappa shape index (κ3) is 8.88. The Morgan fingerprint density at radius 3 is 2.03 bits per heavy atom. The van der Waals surface area contributed by atoms with E-state index in [0.717, 1.165) is 27.3 Å². The van der Waals surface area contributed by atoms with Gasteiger partial charge < -0.3 is 10.2 Å². The zero-order valence-electron chi connectivity index (χ0n) is 23.8. The highest BCUT2D eigenvalue weighted by atomic mass is 32.2. The first-order chi connectivity index (χ1) is 16.9. The maximum atomic E-state index is 13.8. The Labute approximate surface area is 223 Å². The van der Waals surface area contributed by atoms with E-state index in [1.165, 1.54) is 4.90 Å². The quantitative estimate of drug-likeness (QED) is 0.506. The third-order valence-electron chi connectivity index (χ3n) is 6.02. The smallest absolute Gasteiger partial charge is 0.244 e. The van der Waals surface area contributed by atoms with Crippen molar-refractivity contribution in [2.75, 3.05) is 17.1 Å². The molecule has 0 aliphatic carbocycles. The van der Waals surface area contributed by atoms with Crippen molar-refractivity contribution in [1.29, 1.82) is 0 Å². The van der Waals surface area contributed by atoms with Gasteiger partial charge in [0.15, 0.2) is 0 Å². The fraction of sp³-hybridized carbons (Fsp3) is 0.517. The van der Waals surface area contributed by atoms with Gasteiger partial charge in [-0.3, -0.25) is 13.9 Å². The Bertz CT molecular complexity index is 1190. The van der Waals surface area contributed by atoms with Crippen LogP contribution in [-0.4, -0.2) is 49.5 Å². The van der Waals surface area contributed by atoms with Crippen molar-refractivity contribution in [3.8, 4) is 0 Å². The van der Waals surface area contributed by atoms with Gasteiger partial charge in [0.2, 0.25) is 21.8 Å². The summed E-state index contributed by atoms with van der Waals surface area (Å²) < 4.78 is 26.7. The van der Waals surface area contributed by atoms with Crippen LogP contribution in [0.4, 0.5) is 5.69 Å². The molecule has 2 aromatic rings. The Balaban J connectivity index is 2.47. The van der Waals surface area contributed by atoms with Crippen LogP contribution in [0.1, 0.15) is 71.6 Å². The van der Waals surface area contributed by atoms with Gasteiger partial charge in [-0.25, -0.2) is 8.42 Å². The summed E-state index contributed by atoms with van der Waals surface area (Å²) in [4.78, 5) is 28.5. The monoisotopic (exact) mass is 529 g/mol. The van der Waals surface area contributed by atoms with Crippen molar-refractivity contribution in [2.45, 2.75) is 85.4 Å². The summed E-state index contributed by atoms with van der Waals surface area (Å²) in [5.41, 5.74) is 2.80. The molecule has 0 aliphatic heterocycles. The van der Waals surface area contributed by atoms with Gasteiger partial charge in [0.1, 0.15) is 12.6 Å². The summed E-state index contributed by atoms with van der Waals surface area (Å²) >= 11 is 0. The minimum atomic E-state index is -3.77. The van der Waals surface area contributed by atoms with Crippen molar-refractivity contribution in [3.05, 3.63) is 65.2 Å². The average molecular weight is 530 g/mol. The molecule has 1 atom stereocenters. The van der Waals surface area contributed by atoms with E-state index >= 15 is 0 Å². The Kier molecular flexibility index (Phi) is 9.58. The number of sulfonamides is 1. The number of benzene rings is 2. The van der Waals surface area contributed by atoms with Gasteiger partial charge in [0.25, 0.3) is 0 Å². The lowest BCUT2D eigenvalue weighted by Gasteiger charge is -2.34. The lowest BCUT2D eigenvalue weighted by molar-refractivity contribution is -0.141. The molecule has 0 aliphatic rings. The maximum absolute atomic E-state index is 13.8. The van der Waals surface area contributed by atoms with Gasteiger partial charge in [0, 0.05) is 12.1 Å². The highest BCUT2D eigenvalue weighted by molar-refractivity contribution is 7.92. The molecule has 0 spiro atoms. The number of nitrogens with one attached hydrogen (secondary N) is 1. The lowest BCUT2D eigenvalue weighted by atomic mass is 9.87. The number of rotatable bonds is 9. The van der Waals surface area contributed by atoms with E-state index in [-0.39, 0.29) is 17.9 Å². The summed E-state index contributed by atoms with van der Waals surface area (Å²) in [6.45, 7) is 15.5. The van der Waals surface area contributed by atoms with Crippen LogP contribution < -0.4 is 9.62 Å². The van der Waals surface area contributed by atoms with Gasteiger partial charge in [-0.2, -0.15) is 0 Å². The number of amides is 2. The zero-order chi connectivity index (χ0) is 28.2. The van der Waals surface area contributed by atoms with Crippen molar-refractivity contribution < 1.29 is 18.0 Å². The van der Waals surface area contributed by atoms with Crippen LogP contribution in [0.5, 0.6) is 0 Å². The van der Waals surface area contributed by atoms with Crippen LogP contribution in [-0.2, 0) is 31.6 Å². The SMILES string of the molecule is CC[C@H](C(=O)NC(C)(C)C)N(Cc1cccc(C)c1)C(=O)CN(c1ccc(C(C)(C)C)cc1)S(C)(=O)=O. The van der Waals surface area contributed by atoms with Crippen molar-refractivity contribution in [3.63, 3.8) is 0 Å². The molecule has 2 aromatic carbocycles. The molecule has 0 aromatic heterocycles. The number of hydrogen-bond acceptors (Lipinski definition) is 4. The van der Waals surface area contributed by atoms with E-state index in [4.69, 9.17) is 0 Å². The van der Waals surface area contributed by atoms with E-state index in [9.17, 15) is 18.0 Å². The van der Waals surface area contributed by atoms with E-state index in [1.807, 2.05) is 71.0 Å². The van der Waals surface area contributed by atoms with Crippen LogP contribution in [0, 0.1) is 6.92 Å². The Morgan fingerprint density at radius 1 is 0.973 bits per heavy atom. The number of nitrogens with zero attached hydrogens (tertiary/aromatic N) is 2. The highest BCUT2D eigenvalue weighted by Gasteiger charge is 2.33. The Morgan fingerprint density at radius 2 is 1.57 bits per heavy atom. The van der Waals surface area contributed by atoms with Gasteiger partial charge >= 0.3 is 0 Å². The van der Waals surface area contributed by atoms with Gasteiger partial charge in [-0.1, -0.05) is 69.7 Å². The second-order valence-electron chi connectivity index (χ2n) is 11.7. The first-order valence-corrected chi connectivity index (χ1v) is 14.5. The largest absolute Gasteiger partial charge is 0.350 e. The molecule has 0 heterocycles. The molecule has 8 heteroatoms. The second-order valence-corrected chi connectivity index (χ2v) is 13.6. The van der Waals surface area contributed by atoms with Crippen LogP contribution in [0.2, 0.25) is 0 Å². The number of anilines is 1. The van der Waals surface area contributed by atoms with Crippen LogP contribution in [0.25, 0.3) is 0 Å². The molecule has 2 rings (SSSR count). The number of carbonyl (C=O) groups is 2. The molecule has 0 fully saturated rings. The fourth-order valence-corrected chi connectivity index (χ4v) is 4.97. The molecule has 204 valence electrons. The highest BCUT2D eigenvalue weighted by Crippen LogP contribution is 2.26. The van der Waals surface area contributed by atoms with Gasteiger partial charge in [-0.15, -0.1) is 0 Å². The second kappa shape index (κ2) is 11.7. The predicted molar refractivity (Wildman–Crippen MR) is 151 cm³/mol. The lowest BCUT2D eigenvalue weighted by Crippen LogP contribution is -2.55. The number of carbonyl (C=O) groups excluding carboxylic acids is 2. The molecule has 0 bridgehead atoms. The van der Waals surface area contributed by atoms with E-state index in [1.54, 1.807) is 12.1 Å². The van der Waals surface area contributed by atoms with Crippen molar-refractivity contribution in [2.24, 2.45) is 0 Å². The minimum Gasteiger partial charge on any atom is -0.350 e. The first kappa shape index (κ1) is 30.4. The molecule has 2 amide bonds. The normalized spacial score (nSPS) is 13.1. The zero-order valence-corrected chi connectivity index (χ0v) is 24.6. The average Bonchev–Trinajstić information content (AvgIpc) is 2.74. The van der Waals surface area contributed by atoms with Crippen molar-refractivity contribution >= 4 is 27.5 Å². The Hall–Kier alpha value is -2.87. The van der Waals surface area contributed by atoms with Crippen LogP contribution in [0.15, 0.2) is 48.5 Å². The summed E-state index contributed by atoms with van der Waals surface area (Å²) in [5, 5.41) is 2.97. The molecule has 7 nitrogen and oxygen atoms in total. The molecule has 0 unspecified atom stereocenters. The predicted octanol–water partition coefficient (Wildman–Crippen LogP) is 4.78. The molecular weight excluding hydrogens is 486 g/mol. The van der Waals surface area contributed by atoms with Crippen LogP contribution in [0.3, 0.4) is 0 Å². The molecule has 0 radical (unpaired) electrons. The minimum absolute atomic E-state index is 0.0936. The summed E-state index contributed by atoms with van der Waals surface area (Å²) in [7, 11) is -3.77. The van der Waals surface area contributed by atoms with E-state index in [2.05, 4.69) is 26.1 Å². The third-order valence-corrected chi connectivity index (χ3v) is 7.16. The molecular formula is C29H43N3O4S. The van der Waals surface area contributed by atoms with E-state index in [0.29, 0.717) is 12.1 Å². The van der Waals surface area contributed by atoms with E-state index < -0.39 is 34.1 Å². The fourth-order valence-electron chi connectivity index (χ4n) is 4.12. The first-order valence-electron chi connectivity index (χ1n) is 12.7. The van der Waals surface area contributed by atoms with Crippen molar-refractivity contribution in [1.82, 2.24) is 10.2 Å². The summed E-state index contributed by atoms with van der Waals surface area (Å²) in [5.74, 6) is -0.709. The molecule has 0 saturated carbocycles. The standard InChI is InChI=1S/C29H43N3O4S/c1-10-25(27(34)30-29(6,7)8)31(19-22-13-11-12-21(2)18-22)26(33)20-32(37(9,35)36)24-16-14-23(15-17-24)28(3,4)5/h11-18,25H,10,19-20H2,1-9H3,(H,30,34)/t25-/m1/s1. The maximum Gasteiger partial charge on any atom is 0.244 e. The van der Waals surface area contributed by atoms with Gasteiger partial charge in [0.05, 0.1) is 11.9 Å². The van der Waals surface area contributed by atoms with Gasteiger partial charge in [-0.05, 0) is 62.8 Å². The molecule has 1 N–H and O–H groups in total. The summed E-state index contributed by atoms with van der Waals surface area (Å²) in [6, 6.07) is 14.2. The molecule has 0 saturated heterocycles.